The molecule has 0 saturated heterocycles. The Kier molecular flexibility index (Phi) is 2.45. The van der Waals surface area contributed by atoms with Crippen molar-refractivity contribution in [2.45, 2.75) is 26.3 Å². The van der Waals surface area contributed by atoms with E-state index in [1.165, 1.54) is 0 Å². The molecule has 0 bridgehead atoms. The normalized spacial score (nSPS) is 13.5. The van der Waals surface area contributed by atoms with E-state index in [1.54, 1.807) is 0 Å². The molecule has 0 spiro atoms. The average Bonchev–Trinajstić information content (AvgIpc) is 2.34. The fourth-order valence-corrected chi connectivity index (χ4v) is 2.49. The zero-order valence-electron chi connectivity index (χ0n) is 11.5. The maximum Gasteiger partial charge on any atom is 0.151 e. The van der Waals surface area contributed by atoms with E-state index < -0.39 is 0 Å². The minimum absolute atomic E-state index is 0.0531. The largest absolute Gasteiger partial charge is 0.453 e. The van der Waals surface area contributed by atoms with Gasteiger partial charge in [0.1, 0.15) is 0 Å². The lowest BCUT2D eigenvalue weighted by Crippen LogP contribution is -2.39. The van der Waals surface area contributed by atoms with Crippen LogP contribution < -0.4 is 15.4 Å². The van der Waals surface area contributed by atoms with Crippen molar-refractivity contribution in [2.24, 2.45) is 0 Å². The van der Waals surface area contributed by atoms with Gasteiger partial charge in [-0.2, -0.15) is 0 Å². The Hall–Kier alpha value is -2.16. The van der Waals surface area contributed by atoms with Gasteiger partial charge in [-0.1, -0.05) is 12.1 Å². The van der Waals surface area contributed by atoms with Crippen LogP contribution in [0, 0.1) is 0 Å². The van der Waals surface area contributed by atoms with Gasteiger partial charge in [-0.15, -0.1) is 0 Å². The van der Waals surface area contributed by atoms with Crippen molar-refractivity contribution in [1.29, 1.82) is 0 Å². The smallest absolute Gasteiger partial charge is 0.151 e. The van der Waals surface area contributed by atoms with Crippen LogP contribution in [-0.2, 0) is 0 Å². The summed E-state index contributed by atoms with van der Waals surface area (Å²) < 4.78 is 5.96. The fourth-order valence-electron chi connectivity index (χ4n) is 2.49. The van der Waals surface area contributed by atoms with Gasteiger partial charge >= 0.3 is 0 Å². The van der Waals surface area contributed by atoms with Gasteiger partial charge in [-0.05, 0) is 51.1 Å². The van der Waals surface area contributed by atoms with Gasteiger partial charge in [0.05, 0.1) is 11.4 Å². The number of nitrogens with zero attached hydrogens (tertiary/aromatic N) is 1. The minimum atomic E-state index is -0.0531. The molecule has 0 radical (unpaired) electrons. The number of nitrogens with two attached hydrogens (primary N) is 1. The standard InChI is InChI=1S/C16H18N2O/c1-16(2,3)18-12-6-4-5-7-14(12)19-15-9-8-11(17)10-13(15)18/h4-10H,17H2,1-3H3. The second kappa shape index (κ2) is 3.92. The highest BCUT2D eigenvalue weighted by molar-refractivity contribution is 5.81. The predicted molar refractivity (Wildman–Crippen MR) is 79.3 cm³/mol. The number of rotatable bonds is 0. The molecule has 19 heavy (non-hydrogen) atoms. The Labute approximate surface area is 113 Å². The number of para-hydroxylation sites is 2. The molecule has 0 atom stereocenters. The first-order chi connectivity index (χ1) is 8.97. The third kappa shape index (κ3) is 1.91. The quantitative estimate of drug-likeness (QED) is 0.712. The van der Waals surface area contributed by atoms with Gasteiger partial charge in [-0.3, -0.25) is 0 Å². The summed E-state index contributed by atoms with van der Waals surface area (Å²) in [6.07, 6.45) is 0. The van der Waals surface area contributed by atoms with Crippen LogP contribution in [0.15, 0.2) is 42.5 Å². The maximum absolute atomic E-state index is 5.96. The molecule has 3 nitrogen and oxygen atoms in total. The Morgan fingerprint density at radius 3 is 2.37 bits per heavy atom. The first kappa shape index (κ1) is 11.9. The van der Waals surface area contributed by atoms with E-state index in [9.17, 15) is 0 Å². The van der Waals surface area contributed by atoms with Gasteiger partial charge in [0.2, 0.25) is 0 Å². The number of fused-ring (bicyclic) bond motifs is 2. The number of benzene rings is 2. The number of nitrogen functional groups attached to an aromatic ring is 1. The van der Waals surface area contributed by atoms with Crippen molar-refractivity contribution in [3.05, 3.63) is 42.5 Å². The third-order valence-corrected chi connectivity index (χ3v) is 3.22. The summed E-state index contributed by atoms with van der Waals surface area (Å²) in [5.41, 5.74) is 8.71. The van der Waals surface area contributed by atoms with Gasteiger partial charge in [0.25, 0.3) is 0 Å². The molecule has 0 aliphatic carbocycles. The van der Waals surface area contributed by atoms with Crippen LogP contribution >= 0.6 is 0 Å². The summed E-state index contributed by atoms with van der Waals surface area (Å²) in [4.78, 5) is 2.28. The van der Waals surface area contributed by atoms with E-state index in [4.69, 9.17) is 10.5 Å². The summed E-state index contributed by atoms with van der Waals surface area (Å²) in [6.45, 7) is 6.55. The van der Waals surface area contributed by atoms with Crippen molar-refractivity contribution >= 4 is 17.1 Å². The van der Waals surface area contributed by atoms with Crippen LogP contribution in [0.2, 0.25) is 0 Å². The van der Waals surface area contributed by atoms with Crippen molar-refractivity contribution in [2.75, 3.05) is 10.6 Å². The molecule has 1 heterocycles. The maximum atomic E-state index is 5.96. The molecule has 2 aromatic rings. The number of hydrogen-bond acceptors (Lipinski definition) is 3. The molecule has 2 aromatic carbocycles. The molecule has 0 unspecified atom stereocenters. The van der Waals surface area contributed by atoms with Crippen LogP contribution in [0.5, 0.6) is 11.5 Å². The Bertz CT molecular complexity index is 629. The third-order valence-electron chi connectivity index (χ3n) is 3.22. The minimum Gasteiger partial charge on any atom is -0.453 e. The van der Waals surface area contributed by atoms with E-state index in [0.717, 1.165) is 28.6 Å². The van der Waals surface area contributed by atoms with E-state index in [-0.39, 0.29) is 5.54 Å². The molecule has 3 heteroatoms. The number of hydrogen-bond donors (Lipinski definition) is 1. The SMILES string of the molecule is CC(C)(C)N1c2ccccc2Oc2ccc(N)cc21. The van der Waals surface area contributed by atoms with Gasteiger partial charge in [-0.25, -0.2) is 0 Å². The summed E-state index contributed by atoms with van der Waals surface area (Å²) in [7, 11) is 0. The van der Waals surface area contributed by atoms with E-state index in [2.05, 4.69) is 31.7 Å². The Balaban J connectivity index is 2.25. The predicted octanol–water partition coefficient (Wildman–Crippen LogP) is 4.31. The summed E-state index contributed by atoms with van der Waals surface area (Å²) in [5.74, 6) is 1.73. The second-order valence-electron chi connectivity index (χ2n) is 5.80. The lowest BCUT2D eigenvalue weighted by molar-refractivity contribution is 0.451. The average molecular weight is 254 g/mol. The molecule has 0 aromatic heterocycles. The molecule has 0 saturated carbocycles. The highest BCUT2D eigenvalue weighted by atomic mass is 16.5. The van der Waals surface area contributed by atoms with Crippen molar-refractivity contribution in [1.82, 2.24) is 0 Å². The summed E-state index contributed by atoms with van der Waals surface area (Å²) >= 11 is 0. The molecule has 0 fully saturated rings. The van der Waals surface area contributed by atoms with E-state index in [0.29, 0.717) is 0 Å². The molecular weight excluding hydrogens is 236 g/mol. The van der Waals surface area contributed by atoms with Crippen molar-refractivity contribution in [3.63, 3.8) is 0 Å². The summed E-state index contributed by atoms with van der Waals surface area (Å²) in [5, 5.41) is 0. The van der Waals surface area contributed by atoms with Crippen LogP contribution in [0.4, 0.5) is 17.1 Å². The molecular formula is C16H18N2O. The Morgan fingerprint density at radius 2 is 1.63 bits per heavy atom. The fraction of sp³-hybridized carbons (Fsp3) is 0.250. The lowest BCUT2D eigenvalue weighted by atomic mass is 10.0. The highest BCUT2D eigenvalue weighted by Gasteiger charge is 2.31. The van der Waals surface area contributed by atoms with Crippen molar-refractivity contribution < 1.29 is 4.74 Å². The van der Waals surface area contributed by atoms with Gasteiger partial charge in [0, 0.05) is 11.2 Å². The number of ether oxygens (including phenoxy) is 1. The molecule has 3 rings (SSSR count). The zero-order valence-corrected chi connectivity index (χ0v) is 11.5. The van der Waals surface area contributed by atoms with Gasteiger partial charge in [0.15, 0.2) is 11.5 Å². The lowest BCUT2D eigenvalue weighted by Gasteiger charge is -2.42. The number of anilines is 3. The molecule has 0 amide bonds. The van der Waals surface area contributed by atoms with Crippen LogP contribution in [-0.4, -0.2) is 5.54 Å². The molecule has 98 valence electrons. The highest BCUT2D eigenvalue weighted by Crippen LogP contribution is 2.49. The van der Waals surface area contributed by atoms with Crippen LogP contribution in [0.1, 0.15) is 20.8 Å². The molecule has 1 aliphatic rings. The van der Waals surface area contributed by atoms with E-state index in [1.807, 2.05) is 36.4 Å². The zero-order chi connectivity index (χ0) is 13.6. The van der Waals surface area contributed by atoms with Crippen LogP contribution in [0.25, 0.3) is 0 Å². The Morgan fingerprint density at radius 1 is 0.947 bits per heavy atom. The van der Waals surface area contributed by atoms with Crippen molar-refractivity contribution in [3.8, 4) is 11.5 Å². The molecule has 1 aliphatic heterocycles. The monoisotopic (exact) mass is 254 g/mol. The molecule has 2 N–H and O–H groups in total. The topological polar surface area (TPSA) is 38.5 Å². The second-order valence-corrected chi connectivity index (χ2v) is 5.80. The first-order valence-electron chi connectivity index (χ1n) is 6.43. The van der Waals surface area contributed by atoms with Gasteiger partial charge < -0.3 is 15.4 Å². The van der Waals surface area contributed by atoms with Crippen LogP contribution in [0.3, 0.4) is 0 Å². The van der Waals surface area contributed by atoms with E-state index >= 15 is 0 Å². The summed E-state index contributed by atoms with van der Waals surface area (Å²) in [6, 6.07) is 13.9. The first-order valence-corrected chi connectivity index (χ1v) is 6.43.